The van der Waals surface area contributed by atoms with Crippen LogP contribution in [-0.4, -0.2) is 23.9 Å². The molecule has 5 nitrogen and oxygen atoms in total. The second kappa shape index (κ2) is 7.53. The molecular weight excluding hydrogens is 266 g/mol. The highest BCUT2D eigenvalue weighted by Gasteiger charge is 2.24. The third-order valence-corrected chi connectivity index (χ3v) is 3.90. The van der Waals surface area contributed by atoms with Crippen molar-refractivity contribution < 1.29 is 9.21 Å². The Morgan fingerprint density at radius 3 is 2.90 bits per heavy atom. The van der Waals surface area contributed by atoms with Crippen molar-refractivity contribution in [1.29, 1.82) is 5.26 Å². The maximum absolute atomic E-state index is 12.3. The highest BCUT2D eigenvalue weighted by molar-refractivity contribution is 5.97. The van der Waals surface area contributed by atoms with Gasteiger partial charge in [0.2, 0.25) is 0 Å². The van der Waals surface area contributed by atoms with Crippen LogP contribution in [0.15, 0.2) is 34.6 Å². The average Bonchev–Trinajstić information content (AvgIpc) is 3.04. The lowest BCUT2D eigenvalue weighted by atomic mass is 9.94. The van der Waals surface area contributed by atoms with Gasteiger partial charge in [0.15, 0.2) is 0 Å². The molecule has 0 radical (unpaired) electrons. The highest BCUT2D eigenvalue weighted by Crippen LogP contribution is 2.22. The summed E-state index contributed by atoms with van der Waals surface area (Å²) in [5, 5.41) is 12.1. The largest absolute Gasteiger partial charge is 0.467 e. The zero-order chi connectivity index (χ0) is 15.1. The van der Waals surface area contributed by atoms with Crippen LogP contribution in [0, 0.1) is 11.3 Å². The van der Waals surface area contributed by atoms with E-state index in [-0.39, 0.29) is 17.5 Å². The number of hydrogen-bond acceptors (Lipinski definition) is 4. The van der Waals surface area contributed by atoms with Crippen molar-refractivity contribution in [3.05, 3.63) is 35.9 Å². The molecule has 112 valence electrons. The highest BCUT2D eigenvalue weighted by atomic mass is 16.3. The van der Waals surface area contributed by atoms with Crippen LogP contribution in [0.4, 0.5) is 0 Å². The molecule has 1 aliphatic rings. The Labute approximate surface area is 125 Å². The molecule has 0 aliphatic heterocycles. The van der Waals surface area contributed by atoms with Gasteiger partial charge in [0, 0.05) is 19.3 Å². The Kier molecular flexibility index (Phi) is 5.44. The lowest BCUT2D eigenvalue weighted by molar-refractivity contribution is -0.128. The molecule has 1 aromatic rings. The fourth-order valence-electron chi connectivity index (χ4n) is 2.63. The van der Waals surface area contributed by atoms with E-state index in [4.69, 9.17) is 4.42 Å². The van der Waals surface area contributed by atoms with Crippen molar-refractivity contribution >= 4 is 5.91 Å². The molecule has 5 heteroatoms. The first-order valence-corrected chi connectivity index (χ1v) is 7.35. The van der Waals surface area contributed by atoms with E-state index < -0.39 is 0 Å². The quantitative estimate of drug-likeness (QED) is 0.667. The molecule has 1 N–H and O–H groups in total. The Bertz CT molecular complexity index is 522. The van der Waals surface area contributed by atoms with Crippen LogP contribution in [0.3, 0.4) is 0 Å². The van der Waals surface area contributed by atoms with Crippen LogP contribution in [0.5, 0.6) is 0 Å². The summed E-state index contributed by atoms with van der Waals surface area (Å²) in [6.07, 6.45) is 8.68. The minimum Gasteiger partial charge on any atom is -0.467 e. The maximum Gasteiger partial charge on any atom is 0.265 e. The Balaban J connectivity index is 1.92. The van der Waals surface area contributed by atoms with Gasteiger partial charge in [-0.25, -0.2) is 0 Å². The fraction of sp³-hybridized carbons (Fsp3) is 0.500. The number of rotatable bonds is 5. The number of nitrogens with one attached hydrogen (secondary N) is 1. The molecule has 0 bridgehead atoms. The van der Waals surface area contributed by atoms with Crippen molar-refractivity contribution in [2.24, 2.45) is 0 Å². The predicted octanol–water partition coefficient (Wildman–Crippen LogP) is 2.57. The van der Waals surface area contributed by atoms with Crippen molar-refractivity contribution in [3.8, 4) is 6.07 Å². The maximum atomic E-state index is 12.3. The number of amides is 1. The topological polar surface area (TPSA) is 69.3 Å². The molecule has 1 heterocycles. The number of furan rings is 1. The smallest absolute Gasteiger partial charge is 0.265 e. The Morgan fingerprint density at radius 1 is 1.52 bits per heavy atom. The molecule has 1 fully saturated rings. The average molecular weight is 287 g/mol. The number of nitrogens with zero attached hydrogens (tertiary/aromatic N) is 2. The van der Waals surface area contributed by atoms with Gasteiger partial charge >= 0.3 is 0 Å². The van der Waals surface area contributed by atoms with E-state index in [0.717, 1.165) is 31.4 Å². The van der Waals surface area contributed by atoms with E-state index in [9.17, 15) is 10.1 Å². The van der Waals surface area contributed by atoms with Crippen LogP contribution < -0.4 is 5.32 Å². The van der Waals surface area contributed by atoms with E-state index in [2.05, 4.69) is 5.32 Å². The van der Waals surface area contributed by atoms with E-state index in [1.54, 1.807) is 24.3 Å². The zero-order valence-electron chi connectivity index (χ0n) is 12.3. The van der Waals surface area contributed by atoms with Crippen LogP contribution in [0.2, 0.25) is 0 Å². The molecule has 0 saturated heterocycles. The molecular formula is C16H21N3O2. The molecule has 21 heavy (non-hydrogen) atoms. The Morgan fingerprint density at radius 2 is 2.29 bits per heavy atom. The van der Waals surface area contributed by atoms with Gasteiger partial charge in [-0.2, -0.15) is 5.26 Å². The molecule has 1 aromatic heterocycles. The lowest BCUT2D eigenvalue weighted by Gasteiger charge is -2.31. The minimum absolute atomic E-state index is 0.134. The number of carbonyl (C=O) groups is 1. The van der Waals surface area contributed by atoms with Crippen LogP contribution in [0.1, 0.15) is 37.9 Å². The van der Waals surface area contributed by atoms with Gasteiger partial charge in [-0.15, -0.1) is 0 Å². The van der Waals surface area contributed by atoms with Gasteiger partial charge in [0.05, 0.1) is 12.8 Å². The summed E-state index contributed by atoms with van der Waals surface area (Å²) in [5.74, 6) is 0.549. The zero-order valence-corrected chi connectivity index (χ0v) is 12.3. The number of hydrogen-bond donors (Lipinski definition) is 1. The van der Waals surface area contributed by atoms with Gasteiger partial charge in [0.1, 0.15) is 17.4 Å². The van der Waals surface area contributed by atoms with Gasteiger partial charge in [-0.05, 0) is 25.0 Å². The minimum atomic E-state index is -0.212. The normalized spacial score (nSPS) is 16.3. The molecule has 0 atom stereocenters. The lowest BCUT2D eigenvalue weighted by Crippen LogP contribution is -2.39. The molecule has 0 spiro atoms. The first kappa shape index (κ1) is 15.2. The first-order valence-electron chi connectivity index (χ1n) is 7.35. The monoisotopic (exact) mass is 287 g/mol. The van der Waals surface area contributed by atoms with Crippen LogP contribution >= 0.6 is 0 Å². The molecule has 0 aromatic carbocycles. The molecule has 1 amide bonds. The van der Waals surface area contributed by atoms with Crippen molar-refractivity contribution in [2.45, 2.75) is 44.7 Å². The fourth-order valence-corrected chi connectivity index (χ4v) is 2.63. The van der Waals surface area contributed by atoms with Crippen LogP contribution in [0.25, 0.3) is 0 Å². The summed E-state index contributed by atoms with van der Waals surface area (Å²) >= 11 is 0. The molecule has 1 saturated carbocycles. The molecule has 1 aliphatic carbocycles. The van der Waals surface area contributed by atoms with Crippen molar-refractivity contribution in [3.63, 3.8) is 0 Å². The van der Waals surface area contributed by atoms with E-state index >= 15 is 0 Å². The van der Waals surface area contributed by atoms with E-state index in [1.165, 1.54) is 12.6 Å². The van der Waals surface area contributed by atoms with Crippen molar-refractivity contribution in [2.75, 3.05) is 7.05 Å². The standard InChI is InChI=1S/C16H21N3O2/c1-19(14-6-3-2-4-7-14)16(20)13(10-17)11-18-12-15-8-5-9-21-15/h5,8-9,11,14,18H,2-4,6-7,12H2,1H3/b13-11-. The first-order chi connectivity index (χ1) is 10.2. The SMILES string of the molecule is CN(C(=O)/C(C#N)=C\NCc1ccco1)C1CCCCC1. The summed E-state index contributed by atoms with van der Waals surface area (Å²) in [6.45, 7) is 0.457. The van der Waals surface area contributed by atoms with Gasteiger partial charge in [0.25, 0.3) is 5.91 Å². The van der Waals surface area contributed by atoms with E-state index in [1.807, 2.05) is 12.1 Å². The summed E-state index contributed by atoms with van der Waals surface area (Å²) in [7, 11) is 1.79. The van der Waals surface area contributed by atoms with Gasteiger partial charge in [-0.1, -0.05) is 19.3 Å². The second-order valence-electron chi connectivity index (χ2n) is 5.34. The second-order valence-corrected chi connectivity index (χ2v) is 5.34. The third-order valence-electron chi connectivity index (χ3n) is 3.90. The summed E-state index contributed by atoms with van der Waals surface area (Å²) in [4.78, 5) is 14.0. The number of carbonyl (C=O) groups excluding carboxylic acids is 1. The number of nitriles is 1. The van der Waals surface area contributed by atoms with Crippen molar-refractivity contribution in [1.82, 2.24) is 10.2 Å². The van der Waals surface area contributed by atoms with Gasteiger partial charge < -0.3 is 14.6 Å². The van der Waals surface area contributed by atoms with Gasteiger partial charge in [-0.3, -0.25) is 4.79 Å². The molecule has 2 rings (SSSR count). The van der Waals surface area contributed by atoms with Crippen LogP contribution in [-0.2, 0) is 11.3 Å². The predicted molar refractivity (Wildman–Crippen MR) is 78.9 cm³/mol. The molecule has 0 unspecified atom stereocenters. The van der Waals surface area contributed by atoms with E-state index in [0.29, 0.717) is 6.54 Å². The summed E-state index contributed by atoms with van der Waals surface area (Å²) in [5.41, 5.74) is 0.134. The third kappa shape index (κ3) is 4.12. The number of likely N-dealkylation sites (N-methyl/N-ethyl adjacent to an activating group) is 1. The Hall–Kier alpha value is -2.22. The summed E-state index contributed by atoms with van der Waals surface area (Å²) < 4.78 is 5.18. The summed E-state index contributed by atoms with van der Waals surface area (Å²) in [6, 6.07) is 5.87.